The van der Waals surface area contributed by atoms with Crippen LogP contribution in [0.4, 0.5) is 23.2 Å². The highest BCUT2D eigenvalue weighted by atomic mass is 19.3. The molecular formula is C15H13F4NO. The fourth-order valence-corrected chi connectivity index (χ4v) is 1.80. The van der Waals surface area contributed by atoms with Crippen molar-refractivity contribution in [2.24, 2.45) is 0 Å². The topological polar surface area (TPSA) is 21.3 Å². The van der Waals surface area contributed by atoms with Gasteiger partial charge in [0.1, 0.15) is 5.75 Å². The van der Waals surface area contributed by atoms with Crippen molar-refractivity contribution in [1.82, 2.24) is 0 Å². The minimum absolute atomic E-state index is 0.0324. The minimum atomic E-state index is -2.86. The number of benzene rings is 2. The number of rotatable bonds is 6. The van der Waals surface area contributed by atoms with Crippen LogP contribution < -0.4 is 10.1 Å². The number of anilines is 1. The van der Waals surface area contributed by atoms with Crippen molar-refractivity contribution in [3.8, 4) is 5.75 Å². The third-order valence-electron chi connectivity index (χ3n) is 2.78. The highest BCUT2D eigenvalue weighted by molar-refractivity contribution is 5.47. The van der Waals surface area contributed by atoms with Crippen LogP contribution in [-0.4, -0.2) is 6.61 Å². The van der Waals surface area contributed by atoms with Gasteiger partial charge >= 0.3 is 6.61 Å². The molecule has 112 valence electrons. The Morgan fingerprint density at radius 1 is 0.952 bits per heavy atom. The zero-order chi connectivity index (χ0) is 15.2. The van der Waals surface area contributed by atoms with E-state index in [0.717, 1.165) is 0 Å². The molecule has 2 aromatic carbocycles. The van der Waals surface area contributed by atoms with Crippen LogP contribution in [0.15, 0.2) is 48.5 Å². The third kappa shape index (κ3) is 4.66. The van der Waals surface area contributed by atoms with Gasteiger partial charge in [-0.15, -0.1) is 0 Å². The van der Waals surface area contributed by atoms with Crippen molar-refractivity contribution in [2.75, 3.05) is 5.32 Å². The Hall–Kier alpha value is -2.24. The van der Waals surface area contributed by atoms with E-state index in [1.165, 1.54) is 24.3 Å². The van der Waals surface area contributed by atoms with Crippen LogP contribution in [0.25, 0.3) is 0 Å². The normalized spacial score (nSPS) is 11.0. The highest BCUT2D eigenvalue weighted by Gasteiger charge is 2.07. The Kier molecular flexibility index (Phi) is 5.03. The largest absolute Gasteiger partial charge is 0.435 e. The summed E-state index contributed by atoms with van der Waals surface area (Å²) in [7, 11) is 0. The van der Waals surface area contributed by atoms with Crippen molar-refractivity contribution >= 4 is 5.69 Å². The second-order valence-electron chi connectivity index (χ2n) is 4.30. The lowest BCUT2D eigenvalue weighted by molar-refractivity contribution is -0.0498. The molecule has 2 rings (SSSR count). The van der Waals surface area contributed by atoms with Gasteiger partial charge in [-0.2, -0.15) is 8.78 Å². The molecule has 0 aromatic heterocycles. The SMILES string of the molecule is FC(F)Oc1ccc(NCc2cccc(C(F)F)c2)cc1. The molecule has 0 saturated carbocycles. The van der Waals surface area contributed by atoms with Gasteiger partial charge in [0.2, 0.25) is 0 Å². The molecule has 2 nitrogen and oxygen atoms in total. The standard InChI is InChI=1S/C15H13F4NO/c16-14(17)11-3-1-2-10(8-11)9-20-12-4-6-13(7-5-12)21-15(18)19/h1-8,14-15,20H,9H2. The first-order valence-corrected chi connectivity index (χ1v) is 6.20. The van der Waals surface area contributed by atoms with Gasteiger partial charge < -0.3 is 10.1 Å². The number of alkyl halides is 4. The van der Waals surface area contributed by atoms with Gasteiger partial charge in [0, 0.05) is 17.8 Å². The van der Waals surface area contributed by atoms with Crippen molar-refractivity contribution in [3.63, 3.8) is 0 Å². The molecule has 0 amide bonds. The molecule has 1 N–H and O–H groups in total. The first kappa shape index (κ1) is 15.2. The summed E-state index contributed by atoms with van der Waals surface area (Å²) in [5.74, 6) is 0.0650. The van der Waals surface area contributed by atoms with Crippen LogP contribution in [0, 0.1) is 0 Å². The van der Waals surface area contributed by atoms with Crippen molar-refractivity contribution in [1.29, 1.82) is 0 Å². The summed E-state index contributed by atoms with van der Waals surface area (Å²) in [6, 6.07) is 12.1. The van der Waals surface area contributed by atoms with E-state index in [4.69, 9.17) is 0 Å². The molecular weight excluding hydrogens is 286 g/mol. The van der Waals surface area contributed by atoms with Crippen molar-refractivity contribution in [2.45, 2.75) is 19.6 Å². The second-order valence-corrected chi connectivity index (χ2v) is 4.30. The number of halogens is 4. The van der Waals surface area contributed by atoms with Crippen molar-refractivity contribution < 1.29 is 22.3 Å². The molecule has 0 aliphatic carbocycles. The smallest absolute Gasteiger partial charge is 0.387 e. The van der Waals surface area contributed by atoms with Gasteiger partial charge in [0.25, 0.3) is 6.43 Å². The molecule has 0 fully saturated rings. The molecule has 0 aliphatic rings. The van der Waals surface area contributed by atoms with E-state index in [0.29, 0.717) is 17.8 Å². The fourth-order valence-electron chi connectivity index (χ4n) is 1.80. The van der Waals surface area contributed by atoms with Gasteiger partial charge in [-0.3, -0.25) is 0 Å². The summed E-state index contributed by atoms with van der Waals surface area (Å²) in [5, 5.41) is 3.02. The maximum Gasteiger partial charge on any atom is 0.387 e. The summed E-state index contributed by atoms with van der Waals surface area (Å²) in [6.07, 6.45) is -2.50. The molecule has 0 spiro atoms. The van der Waals surface area contributed by atoms with Gasteiger partial charge in [0.05, 0.1) is 0 Å². The summed E-state index contributed by atoms with van der Waals surface area (Å²) in [5.41, 5.74) is 1.36. The molecule has 0 atom stereocenters. The zero-order valence-corrected chi connectivity index (χ0v) is 10.9. The van der Waals surface area contributed by atoms with E-state index in [1.807, 2.05) is 0 Å². The van der Waals surface area contributed by atoms with Gasteiger partial charge in [-0.25, -0.2) is 8.78 Å². The lowest BCUT2D eigenvalue weighted by atomic mass is 10.1. The van der Waals surface area contributed by atoms with E-state index in [1.54, 1.807) is 24.3 Å². The molecule has 0 aliphatic heterocycles. The van der Waals surface area contributed by atoms with Crippen molar-refractivity contribution in [3.05, 3.63) is 59.7 Å². The second kappa shape index (κ2) is 6.97. The molecule has 0 heterocycles. The summed E-state index contributed by atoms with van der Waals surface area (Å²) in [4.78, 5) is 0. The van der Waals surface area contributed by atoms with Crippen LogP contribution >= 0.6 is 0 Å². The number of hydrogen-bond acceptors (Lipinski definition) is 2. The molecule has 0 bridgehead atoms. The predicted octanol–water partition coefficient (Wildman–Crippen LogP) is 4.84. The Bertz CT molecular complexity index is 572. The lowest BCUT2D eigenvalue weighted by Gasteiger charge is -2.09. The molecule has 0 saturated heterocycles. The maximum atomic E-state index is 12.6. The first-order chi connectivity index (χ1) is 10.0. The third-order valence-corrected chi connectivity index (χ3v) is 2.78. The maximum absolute atomic E-state index is 12.6. The van der Waals surface area contributed by atoms with Crippen LogP contribution in [0.3, 0.4) is 0 Å². The first-order valence-electron chi connectivity index (χ1n) is 6.20. The van der Waals surface area contributed by atoms with E-state index in [2.05, 4.69) is 10.1 Å². The van der Waals surface area contributed by atoms with Gasteiger partial charge in [-0.1, -0.05) is 18.2 Å². The monoisotopic (exact) mass is 299 g/mol. The van der Waals surface area contributed by atoms with E-state index in [-0.39, 0.29) is 11.3 Å². The van der Waals surface area contributed by atoms with E-state index in [9.17, 15) is 17.6 Å². The van der Waals surface area contributed by atoms with Crippen LogP contribution in [0.5, 0.6) is 5.75 Å². The Labute approximate surface area is 119 Å². The van der Waals surface area contributed by atoms with Crippen LogP contribution in [0.2, 0.25) is 0 Å². The van der Waals surface area contributed by atoms with Gasteiger partial charge in [0.15, 0.2) is 0 Å². The summed E-state index contributed by atoms with van der Waals surface area (Å²) < 4.78 is 53.3. The molecule has 6 heteroatoms. The van der Waals surface area contributed by atoms with E-state index >= 15 is 0 Å². The van der Waals surface area contributed by atoms with Crippen LogP contribution in [-0.2, 0) is 6.54 Å². The van der Waals surface area contributed by atoms with Crippen LogP contribution in [0.1, 0.15) is 17.6 Å². The highest BCUT2D eigenvalue weighted by Crippen LogP contribution is 2.21. The Balaban J connectivity index is 1.95. The molecule has 2 aromatic rings. The zero-order valence-electron chi connectivity index (χ0n) is 10.9. The summed E-state index contributed by atoms with van der Waals surface area (Å²) >= 11 is 0. The average Bonchev–Trinajstić information content (AvgIpc) is 2.46. The molecule has 0 radical (unpaired) electrons. The Morgan fingerprint density at radius 3 is 2.29 bits per heavy atom. The quantitative estimate of drug-likeness (QED) is 0.771. The number of hydrogen-bond donors (Lipinski definition) is 1. The lowest BCUT2D eigenvalue weighted by Crippen LogP contribution is -2.03. The summed E-state index contributed by atoms with van der Waals surface area (Å²) in [6.45, 7) is -2.50. The van der Waals surface area contributed by atoms with E-state index < -0.39 is 13.0 Å². The number of ether oxygens (including phenoxy) is 1. The number of nitrogens with one attached hydrogen (secondary N) is 1. The average molecular weight is 299 g/mol. The Morgan fingerprint density at radius 2 is 1.67 bits per heavy atom. The molecule has 21 heavy (non-hydrogen) atoms. The molecule has 0 unspecified atom stereocenters. The van der Waals surface area contributed by atoms with Gasteiger partial charge in [-0.05, 0) is 35.9 Å². The fraction of sp³-hybridized carbons (Fsp3) is 0.200. The minimum Gasteiger partial charge on any atom is -0.435 e. The predicted molar refractivity (Wildman–Crippen MR) is 71.8 cm³/mol.